The number of hydrogen-bond acceptors (Lipinski definition) is 8. The summed E-state index contributed by atoms with van der Waals surface area (Å²) < 4.78 is 21.0. The Labute approximate surface area is 247 Å². The summed E-state index contributed by atoms with van der Waals surface area (Å²) >= 11 is 9.39. The lowest BCUT2D eigenvalue weighted by molar-refractivity contribution is 0.0959. The van der Waals surface area contributed by atoms with Crippen LogP contribution < -0.4 is 15.4 Å². The Hall–Kier alpha value is -4.56. The van der Waals surface area contributed by atoms with Crippen LogP contribution in [0.15, 0.2) is 78.6 Å². The number of benzene rings is 3. The smallest absolute Gasteiger partial charge is 0.252 e. The fourth-order valence-electron chi connectivity index (χ4n) is 3.98. The van der Waals surface area contributed by atoms with E-state index in [9.17, 15) is 9.18 Å². The maximum atomic E-state index is 13.4. The topological polar surface area (TPSA) is 89.0 Å². The Morgan fingerprint density at radius 2 is 1.95 bits per heavy atom. The van der Waals surface area contributed by atoms with Crippen LogP contribution in [0.25, 0.3) is 20.4 Å². The van der Waals surface area contributed by atoms with Gasteiger partial charge in [-0.25, -0.2) is 19.3 Å². The number of carbonyl (C=O) groups excluding carboxylic acids is 1. The van der Waals surface area contributed by atoms with Crippen LogP contribution in [0.3, 0.4) is 0 Å². The molecular weight excluding hydrogens is 581 g/mol. The molecule has 0 unspecified atom stereocenters. The minimum atomic E-state index is -0.316. The number of aromatic nitrogens is 3. The van der Waals surface area contributed by atoms with Crippen LogP contribution in [-0.2, 0) is 6.61 Å². The van der Waals surface area contributed by atoms with Gasteiger partial charge in [0, 0.05) is 11.3 Å². The van der Waals surface area contributed by atoms with Gasteiger partial charge in [0.2, 0.25) is 0 Å². The lowest BCUT2D eigenvalue weighted by Gasteiger charge is -2.11. The molecule has 3 heterocycles. The summed E-state index contributed by atoms with van der Waals surface area (Å²) in [6.45, 7) is 0.402. The van der Waals surface area contributed by atoms with Gasteiger partial charge in [0.25, 0.3) is 5.91 Å². The van der Waals surface area contributed by atoms with E-state index in [4.69, 9.17) is 16.3 Å². The summed E-state index contributed by atoms with van der Waals surface area (Å²) in [5.74, 6) is 6.69. The molecule has 0 fully saturated rings. The van der Waals surface area contributed by atoms with Crippen molar-refractivity contribution in [3.8, 4) is 17.6 Å². The predicted molar refractivity (Wildman–Crippen MR) is 162 cm³/mol. The highest BCUT2D eigenvalue weighted by Gasteiger charge is 2.11. The maximum Gasteiger partial charge on any atom is 0.252 e. The third-order valence-corrected chi connectivity index (χ3v) is 8.07. The number of thiophene rings is 1. The van der Waals surface area contributed by atoms with E-state index < -0.39 is 0 Å². The van der Waals surface area contributed by atoms with Crippen molar-refractivity contribution in [1.29, 1.82) is 0 Å². The number of amides is 1. The van der Waals surface area contributed by atoms with E-state index >= 15 is 0 Å². The van der Waals surface area contributed by atoms with Crippen LogP contribution in [0, 0.1) is 17.7 Å². The second kappa shape index (κ2) is 11.9. The Morgan fingerprint density at radius 3 is 2.83 bits per heavy atom. The molecule has 7 nitrogen and oxygen atoms in total. The van der Waals surface area contributed by atoms with Crippen LogP contribution >= 0.6 is 34.3 Å². The molecule has 6 aromatic rings. The second-order valence-corrected chi connectivity index (χ2v) is 11.1. The van der Waals surface area contributed by atoms with Crippen LogP contribution in [0.2, 0.25) is 5.02 Å². The normalized spacial score (nSPS) is 10.8. The van der Waals surface area contributed by atoms with Gasteiger partial charge in [0.05, 0.1) is 42.4 Å². The van der Waals surface area contributed by atoms with Gasteiger partial charge in [-0.2, -0.15) is 0 Å². The van der Waals surface area contributed by atoms with Crippen molar-refractivity contribution in [3.05, 3.63) is 105 Å². The first kappa shape index (κ1) is 26.7. The molecule has 0 aliphatic heterocycles. The molecule has 0 aliphatic rings. The molecule has 41 heavy (non-hydrogen) atoms. The maximum absolute atomic E-state index is 13.4. The summed E-state index contributed by atoms with van der Waals surface area (Å²) in [7, 11) is 0. The number of thiazole rings is 1. The van der Waals surface area contributed by atoms with E-state index in [1.165, 1.54) is 41.1 Å². The Kier molecular flexibility index (Phi) is 7.73. The molecule has 11 heteroatoms. The van der Waals surface area contributed by atoms with Gasteiger partial charge in [-0.05, 0) is 60.2 Å². The molecule has 0 bridgehead atoms. The minimum absolute atomic E-state index is 0.188. The second-order valence-electron chi connectivity index (χ2n) is 8.76. The molecule has 0 saturated heterocycles. The standard InChI is InChI=1S/C30H19ClFN5O2S2/c31-23-13-21(7-9-26(23)39-15-18-3-1-4-20(32)11-18)37-29-28-25(34-16-35-29)14-22(41-28)5-2-10-33-30(38)19-6-8-24-27(12-19)40-17-36-24/h1,3-4,6-9,11-14,16-17H,10,15H2,(H,33,38)(H,34,35,37). The zero-order chi connectivity index (χ0) is 28.2. The fraction of sp³-hybridized carbons (Fsp3) is 0.0667. The highest BCUT2D eigenvalue weighted by atomic mass is 35.5. The van der Waals surface area contributed by atoms with E-state index in [0.717, 1.165) is 25.3 Å². The first-order valence-corrected chi connectivity index (χ1v) is 14.4. The average Bonchev–Trinajstić information content (AvgIpc) is 3.62. The number of halogens is 2. The van der Waals surface area contributed by atoms with E-state index in [0.29, 0.717) is 33.4 Å². The largest absolute Gasteiger partial charge is 0.487 e. The van der Waals surface area contributed by atoms with Gasteiger partial charge >= 0.3 is 0 Å². The molecule has 0 saturated carbocycles. The van der Waals surface area contributed by atoms with Crippen LogP contribution in [0.4, 0.5) is 15.9 Å². The Morgan fingerprint density at radius 1 is 1.02 bits per heavy atom. The highest BCUT2D eigenvalue weighted by Crippen LogP contribution is 2.33. The van der Waals surface area contributed by atoms with Gasteiger partial charge in [0.15, 0.2) is 5.82 Å². The molecule has 3 aromatic heterocycles. The number of rotatable bonds is 7. The van der Waals surface area contributed by atoms with E-state index in [1.807, 2.05) is 24.3 Å². The first-order chi connectivity index (χ1) is 20.0. The highest BCUT2D eigenvalue weighted by molar-refractivity contribution is 7.20. The number of ether oxygens (including phenoxy) is 1. The number of nitrogens with zero attached hydrogens (tertiary/aromatic N) is 3. The van der Waals surface area contributed by atoms with Crippen molar-refractivity contribution in [1.82, 2.24) is 20.3 Å². The molecular formula is C30H19ClFN5O2S2. The van der Waals surface area contributed by atoms with Crippen molar-refractivity contribution in [2.24, 2.45) is 0 Å². The van der Waals surface area contributed by atoms with Gasteiger partial charge in [-0.1, -0.05) is 35.6 Å². The molecule has 0 radical (unpaired) electrons. The molecule has 0 spiro atoms. The predicted octanol–water partition coefficient (Wildman–Crippen LogP) is 7.20. The number of anilines is 2. The summed E-state index contributed by atoms with van der Waals surface area (Å²) in [6, 6.07) is 18.8. The summed E-state index contributed by atoms with van der Waals surface area (Å²) in [5.41, 5.74) is 5.38. The van der Waals surface area contributed by atoms with Gasteiger partial charge in [-0.15, -0.1) is 22.7 Å². The van der Waals surface area contributed by atoms with Gasteiger partial charge in [0.1, 0.15) is 24.5 Å². The van der Waals surface area contributed by atoms with E-state index in [-0.39, 0.29) is 24.9 Å². The first-order valence-electron chi connectivity index (χ1n) is 12.3. The number of carbonyl (C=O) groups is 1. The lowest BCUT2D eigenvalue weighted by Crippen LogP contribution is -2.23. The number of nitrogens with one attached hydrogen (secondary N) is 2. The third-order valence-electron chi connectivity index (χ3n) is 5.93. The van der Waals surface area contributed by atoms with Crippen LogP contribution in [0.1, 0.15) is 20.8 Å². The number of fused-ring (bicyclic) bond motifs is 2. The molecule has 1 amide bonds. The van der Waals surface area contributed by atoms with Crippen LogP contribution in [0.5, 0.6) is 5.75 Å². The molecule has 6 rings (SSSR count). The minimum Gasteiger partial charge on any atom is -0.487 e. The fourth-order valence-corrected chi connectivity index (χ4v) is 5.86. The average molecular weight is 600 g/mol. The molecule has 0 aliphatic carbocycles. The Bertz CT molecular complexity index is 1960. The Balaban J connectivity index is 1.10. The molecule has 202 valence electrons. The lowest BCUT2D eigenvalue weighted by atomic mass is 10.2. The number of hydrogen-bond donors (Lipinski definition) is 2. The molecule has 2 N–H and O–H groups in total. The van der Waals surface area contributed by atoms with Crippen molar-refractivity contribution < 1.29 is 13.9 Å². The monoisotopic (exact) mass is 599 g/mol. The van der Waals surface area contributed by atoms with Crippen molar-refractivity contribution >= 4 is 72.1 Å². The van der Waals surface area contributed by atoms with Crippen molar-refractivity contribution in [3.63, 3.8) is 0 Å². The SMILES string of the molecule is O=C(NCC#Cc1cc2ncnc(Nc3ccc(OCc4cccc(F)c4)c(Cl)c3)c2s1)c1ccc2ncsc2c1. The quantitative estimate of drug-likeness (QED) is 0.189. The van der Waals surface area contributed by atoms with Gasteiger partial charge < -0.3 is 15.4 Å². The summed E-state index contributed by atoms with van der Waals surface area (Å²) in [4.78, 5) is 26.3. The summed E-state index contributed by atoms with van der Waals surface area (Å²) in [5, 5.41) is 6.52. The van der Waals surface area contributed by atoms with Gasteiger partial charge in [-0.3, -0.25) is 4.79 Å². The van der Waals surface area contributed by atoms with Crippen LogP contribution in [-0.4, -0.2) is 27.4 Å². The zero-order valence-corrected chi connectivity index (χ0v) is 23.5. The van der Waals surface area contributed by atoms with Crippen molar-refractivity contribution in [2.75, 3.05) is 11.9 Å². The van der Waals surface area contributed by atoms with Crippen molar-refractivity contribution in [2.45, 2.75) is 6.61 Å². The molecule has 0 atom stereocenters. The van der Waals surface area contributed by atoms with E-state index in [1.54, 1.807) is 35.8 Å². The summed E-state index contributed by atoms with van der Waals surface area (Å²) in [6.07, 6.45) is 1.48. The zero-order valence-electron chi connectivity index (χ0n) is 21.2. The third kappa shape index (κ3) is 6.28. The molecule has 3 aromatic carbocycles. The van der Waals surface area contributed by atoms with E-state index in [2.05, 4.69) is 37.4 Å².